The van der Waals surface area contributed by atoms with Gasteiger partial charge >= 0.3 is 0 Å². The number of halogens is 3. The van der Waals surface area contributed by atoms with E-state index in [2.05, 4.69) is 15.9 Å². The van der Waals surface area contributed by atoms with Gasteiger partial charge in [0.1, 0.15) is 0 Å². The third-order valence-electron chi connectivity index (χ3n) is 2.48. The van der Waals surface area contributed by atoms with Gasteiger partial charge < -0.3 is 16.2 Å². The third kappa shape index (κ3) is 2.88. The highest BCUT2D eigenvalue weighted by atomic mass is 79.9. The molecule has 2 aromatic rings. The lowest BCUT2D eigenvalue weighted by Gasteiger charge is -2.11. The van der Waals surface area contributed by atoms with Gasteiger partial charge in [-0.05, 0) is 30.3 Å². The maximum absolute atomic E-state index is 13.6. The SMILES string of the molecule is NC(=O)c1ccc(N)c(Oc2cc(Br)cc(F)c2F)c1. The van der Waals surface area contributed by atoms with Gasteiger partial charge in [-0.3, -0.25) is 4.79 Å². The first-order chi connectivity index (χ1) is 9.38. The van der Waals surface area contributed by atoms with Gasteiger partial charge in [-0.2, -0.15) is 4.39 Å². The van der Waals surface area contributed by atoms with Gasteiger partial charge in [-0.25, -0.2) is 4.39 Å². The van der Waals surface area contributed by atoms with Crippen molar-refractivity contribution < 1.29 is 18.3 Å². The molecule has 4 N–H and O–H groups in total. The number of benzene rings is 2. The lowest BCUT2D eigenvalue weighted by molar-refractivity contribution is 0.1000. The quantitative estimate of drug-likeness (QED) is 0.664. The summed E-state index contributed by atoms with van der Waals surface area (Å²) in [5.74, 6) is -3.25. The number of hydrogen-bond acceptors (Lipinski definition) is 3. The Morgan fingerprint density at radius 2 is 1.85 bits per heavy atom. The number of amides is 1. The van der Waals surface area contributed by atoms with Crippen LogP contribution in [0.25, 0.3) is 0 Å². The van der Waals surface area contributed by atoms with E-state index in [0.717, 1.165) is 6.07 Å². The molecule has 2 rings (SSSR count). The molecule has 0 aromatic heterocycles. The van der Waals surface area contributed by atoms with Crippen LogP contribution in [0.3, 0.4) is 0 Å². The lowest BCUT2D eigenvalue weighted by Crippen LogP contribution is -2.11. The number of nitrogens with two attached hydrogens (primary N) is 2. The standard InChI is InChI=1S/C13H9BrF2N2O2/c14-7-4-8(15)12(16)11(5-7)20-10-3-6(13(18)19)1-2-9(10)17/h1-5H,17H2,(H2,18,19). The maximum atomic E-state index is 13.6. The van der Waals surface area contributed by atoms with Gasteiger partial charge in [0.25, 0.3) is 0 Å². The Bertz CT molecular complexity index is 692. The predicted octanol–water partition coefficient (Wildman–Crippen LogP) is 3.20. The fourth-order valence-electron chi connectivity index (χ4n) is 1.50. The maximum Gasteiger partial charge on any atom is 0.248 e. The van der Waals surface area contributed by atoms with E-state index in [0.29, 0.717) is 4.47 Å². The molecule has 0 aliphatic carbocycles. The molecule has 20 heavy (non-hydrogen) atoms. The minimum Gasteiger partial charge on any atom is -0.452 e. The second-order valence-corrected chi connectivity index (χ2v) is 4.83. The number of rotatable bonds is 3. The first kappa shape index (κ1) is 14.3. The highest BCUT2D eigenvalue weighted by Crippen LogP contribution is 2.33. The zero-order valence-corrected chi connectivity index (χ0v) is 11.6. The van der Waals surface area contributed by atoms with Gasteiger partial charge in [0.05, 0.1) is 5.69 Å². The van der Waals surface area contributed by atoms with Crippen molar-refractivity contribution in [3.63, 3.8) is 0 Å². The molecule has 4 nitrogen and oxygen atoms in total. The van der Waals surface area contributed by atoms with Crippen molar-refractivity contribution in [2.75, 3.05) is 5.73 Å². The fraction of sp³-hybridized carbons (Fsp3) is 0. The Morgan fingerprint density at radius 1 is 1.15 bits per heavy atom. The van der Waals surface area contributed by atoms with Crippen LogP contribution in [0.1, 0.15) is 10.4 Å². The van der Waals surface area contributed by atoms with Gasteiger partial charge in [-0.15, -0.1) is 0 Å². The summed E-state index contributed by atoms with van der Waals surface area (Å²) in [6.07, 6.45) is 0. The van der Waals surface area contributed by atoms with Crippen LogP contribution in [-0.2, 0) is 0 Å². The van der Waals surface area contributed by atoms with Crippen LogP contribution in [0.4, 0.5) is 14.5 Å². The zero-order chi connectivity index (χ0) is 14.9. The minimum absolute atomic E-state index is 0.0118. The van der Waals surface area contributed by atoms with Gasteiger partial charge in [-0.1, -0.05) is 15.9 Å². The second-order valence-electron chi connectivity index (χ2n) is 3.92. The molecule has 0 atom stereocenters. The summed E-state index contributed by atoms with van der Waals surface area (Å²) in [6, 6.07) is 6.26. The van der Waals surface area contributed by atoms with E-state index in [1.165, 1.54) is 24.3 Å². The lowest BCUT2D eigenvalue weighted by atomic mass is 10.2. The molecular weight excluding hydrogens is 334 g/mol. The van der Waals surface area contributed by atoms with Crippen LogP contribution < -0.4 is 16.2 Å². The number of primary amides is 1. The number of nitrogen functional groups attached to an aromatic ring is 1. The monoisotopic (exact) mass is 342 g/mol. The largest absolute Gasteiger partial charge is 0.452 e. The van der Waals surface area contributed by atoms with E-state index in [4.69, 9.17) is 16.2 Å². The molecule has 0 aliphatic rings. The number of carbonyl (C=O) groups excluding carboxylic acids is 1. The summed E-state index contributed by atoms with van der Waals surface area (Å²) < 4.78 is 32.4. The Hall–Kier alpha value is -2.15. The summed E-state index contributed by atoms with van der Waals surface area (Å²) in [6.45, 7) is 0. The number of ether oxygens (including phenoxy) is 1. The summed E-state index contributed by atoms with van der Waals surface area (Å²) in [4.78, 5) is 11.1. The summed E-state index contributed by atoms with van der Waals surface area (Å²) in [5.41, 5.74) is 11.1. The average molecular weight is 343 g/mol. The summed E-state index contributed by atoms with van der Waals surface area (Å²) >= 11 is 3.02. The molecule has 0 saturated heterocycles. The summed E-state index contributed by atoms with van der Waals surface area (Å²) in [7, 11) is 0. The van der Waals surface area contributed by atoms with Gasteiger partial charge in [0, 0.05) is 10.0 Å². The number of hydrogen-bond donors (Lipinski definition) is 2. The van der Waals surface area contributed by atoms with E-state index in [1.807, 2.05) is 0 Å². The van der Waals surface area contributed by atoms with Crippen molar-refractivity contribution in [3.8, 4) is 11.5 Å². The van der Waals surface area contributed by atoms with Crippen LogP contribution in [0.15, 0.2) is 34.8 Å². The van der Waals surface area contributed by atoms with Crippen molar-refractivity contribution in [2.45, 2.75) is 0 Å². The molecule has 0 spiro atoms. The van der Waals surface area contributed by atoms with E-state index in [1.54, 1.807) is 0 Å². The highest BCUT2D eigenvalue weighted by molar-refractivity contribution is 9.10. The van der Waals surface area contributed by atoms with E-state index in [-0.39, 0.29) is 22.7 Å². The molecule has 0 heterocycles. The molecule has 0 fully saturated rings. The van der Waals surface area contributed by atoms with Crippen molar-refractivity contribution >= 4 is 27.5 Å². The molecule has 1 amide bonds. The van der Waals surface area contributed by atoms with Crippen LogP contribution in [0, 0.1) is 11.6 Å². The van der Waals surface area contributed by atoms with Gasteiger partial charge in [0.2, 0.25) is 11.7 Å². The van der Waals surface area contributed by atoms with Gasteiger partial charge in [0.15, 0.2) is 17.3 Å². The minimum atomic E-state index is -1.16. The van der Waals surface area contributed by atoms with Crippen LogP contribution in [-0.4, -0.2) is 5.91 Å². The topological polar surface area (TPSA) is 78.3 Å². The Morgan fingerprint density at radius 3 is 2.50 bits per heavy atom. The van der Waals surface area contributed by atoms with Crippen LogP contribution >= 0.6 is 15.9 Å². The van der Waals surface area contributed by atoms with Crippen molar-refractivity contribution in [3.05, 3.63) is 52.0 Å². The molecule has 0 aliphatic heterocycles. The predicted molar refractivity (Wildman–Crippen MR) is 73.5 cm³/mol. The second kappa shape index (κ2) is 5.46. The molecule has 0 radical (unpaired) electrons. The Balaban J connectivity index is 2.44. The zero-order valence-electron chi connectivity index (χ0n) is 9.99. The number of carbonyl (C=O) groups is 1. The molecule has 2 aromatic carbocycles. The molecule has 7 heteroatoms. The average Bonchev–Trinajstić information content (AvgIpc) is 2.37. The first-order valence-corrected chi connectivity index (χ1v) is 6.19. The molecule has 0 bridgehead atoms. The smallest absolute Gasteiger partial charge is 0.248 e. The van der Waals surface area contributed by atoms with Crippen molar-refractivity contribution in [1.82, 2.24) is 0 Å². The van der Waals surface area contributed by atoms with E-state index in [9.17, 15) is 13.6 Å². The third-order valence-corrected chi connectivity index (χ3v) is 2.94. The molecule has 0 unspecified atom stereocenters. The normalized spacial score (nSPS) is 10.3. The Kier molecular flexibility index (Phi) is 3.89. The molecule has 0 saturated carbocycles. The fourth-order valence-corrected chi connectivity index (χ4v) is 1.91. The van der Waals surface area contributed by atoms with Crippen LogP contribution in [0.5, 0.6) is 11.5 Å². The first-order valence-electron chi connectivity index (χ1n) is 5.40. The van der Waals surface area contributed by atoms with Crippen LogP contribution in [0.2, 0.25) is 0 Å². The number of anilines is 1. The molecule has 104 valence electrons. The van der Waals surface area contributed by atoms with E-state index < -0.39 is 17.5 Å². The Labute approximate surface area is 121 Å². The molecular formula is C13H9BrF2N2O2. The van der Waals surface area contributed by atoms with Crippen molar-refractivity contribution in [1.29, 1.82) is 0 Å². The van der Waals surface area contributed by atoms with Crippen molar-refractivity contribution in [2.24, 2.45) is 5.73 Å². The summed E-state index contributed by atoms with van der Waals surface area (Å²) in [5, 5.41) is 0. The highest BCUT2D eigenvalue weighted by Gasteiger charge is 2.14. The van der Waals surface area contributed by atoms with E-state index >= 15 is 0 Å².